The molecule has 1 aromatic rings. The maximum absolute atomic E-state index is 13.4. The Morgan fingerprint density at radius 2 is 2.06 bits per heavy atom. The normalized spacial score (nSPS) is 14.4. The maximum atomic E-state index is 13.4. The first kappa shape index (κ1) is 14.0. The second kappa shape index (κ2) is 6.00. The van der Waals surface area contributed by atoms with Crippen LogP contribution in [0.2, 0.25) is 0 Å². The van der Waals surface area contributed by atoms with Crippen LogP contribution >= 0.6 is 0 Å². The average molecular weight is 260 g/mol. The molecular weight excluding hydrogens is 246 g/mol. The Labute approximate surface area is 101 Å². The van der Waals surface area contributed by atoms with Gasteiger partial charge in [0, 0.05) is 22.6 Å². The fraction of sp³-hybridized carbons (Fsp3) is 0.417. The third-order valence-corrected chi connectivity index (χ3v) is 4.18. The molecule has 5 heteroatoms. The number of hydrogen-bond donors (Lipinski definition) is 0. The van der Waals surface area contributed by atoms with E-state index in [1.54, 1.807) is 0 Å². The molecule has 0 saturated carbocycles. The van der Waals surface area contributed by atoms with Crippen molar-refractivity contribution in [3.8, 4) is 0 Å². The highest BCUT2D eigenvalue weighted by atomic mass is 32.2. The van der Waals surface area contributed by atoms with Gasteiger partial charge in [0.15, 0.2) is 5.78 Å². The molecule has 0 aliphatic heterocycles. The van der Waals surface area contributed by atoms with E-state index in [0.29, 0.717) is 18.2 Å². The number of benzene rings is 1. The van der Waals surface area contributed by atoms with Crippen LogP contribution in [-0.2, 0) is 10.8 Å². The summed E-state index contributed by atoms with van der Waals surface area (Å²) in [6.07, 6.45) is 0.691. The minimum Gasteiger partial charge on any atom is -0.293 e. The second-order valence-corrected chi connectivity index (χ2v) is 5.59. The molecule has 17 heavy (non-hydrogen) atoms. The topological polar surface area (TPSA) is 34.1 Å². The third kappa shape index (κ3) is 3.43. The Kier molecular flexibility index (Phi) is 4.93. The quantitative estimate of drug-likeness (QED) is 0.763. The number of carbonyl (C=O) groups is 1. The lowest BCUT2D eigenvalue weighted by molar-refractivity contribution is 0.0989. The molecule has 0 N–H and O–H groups in total. The van der Waals surface area contributed by atoms with Crippen LogP contribution in [0.4, 0.5) is 8.78 Å². The predicted molar refractivity (Wildman–Crippen MR) is 63.5 cm³/mol. The van der Waals surface area contributed by atoms with Crippen molar-refractivity contribution in [3.63, 3.8) is 0 Å². The molecular formula is C12H14F2O2S. The minimum absolute atomic E-state index is 0.205. The number of carbonyl (C=O) groups excluding carboxylic acids is 1. The molecule has 2 unspecified atom stereocenters. The highest BCUT2D eigenvalue weighted by Gasteiger charge is 2.23. The van der Waals surface area contributed by atoms with Crippen molar-refractivity contribution in [2.45, 2.75) is 25.5 Å². The summed E-state index contributed by atoms with van der Waals surface area (Å²) in [5, 5.41) is -0.769. The zero-order chi connectivity index (χ0) is 13.0. The Morgan fingerprint density at radius 3 is 2.59 bits per heavy atom. The second-order valence-electron chi connectivity index (χ2n) is 3.72. The van der Waals surface area contributed by atoms with Gasteiger partial charge in [-0.05, 0) is 25.5 Å². The van der Waals surface area contributed by atoms with E-state index in [1.807, 2.05) is 6.92 Å². The SMILES string of the molecule is CCCS(=O)C(C)C(=O)c1ccc(F)cc1F. The van der Waals surface area contributed by atoms with E-state index >= 15 is 0 Å². The summed E-state index contributed by atoms with van der Waals surface area (Å²) in [4.78, 5) is 11.8. The first-order valence-electron chi connectivity index (χ1n) is 5.33. The van der Waals surface area contributed by atoms with Crippen LogP contribution in [0.1, 0.15) is 30.6 Å². The Balaban J connectivity index is 2.92. The van der Waals surface area contributed by atoms with Gasteiger partial charge in [-0.3, -0.25) is 9.00 Å². The largest absolute Gasteiger partial charge is 0.293 e. The standard InChI is InChI=1S/C12H14F2O2S/c1-3-6-17(16)8(2)12(15)10-5-4-9(13)7-11(10)14/h4-5,7-8H,3,6H2,1-2H3. The van der Waals surface area contributed by atoms with Crippen molar-refractivity contribution in [2.75, 3.05) is 5.75 Å². The lowest BCUT2D eigenvalue weighted by atomic mass is 10.1. The fourth-order valence-electron chi connectivity index (χ4n) is 1.41. The van der Waals surface area contributed by atoms with Gasteiger partial charge < -0.3 is 0 Å². The molecule has 0 amide bonds. The van der Waals surface area contributed by atoms with E-state index in [0.717, 1.165) is 12.1 Å². The molecule has 0 aliphatic carbocycles. The number of ketones is 1. The molecule has 94 valence electrons. The monoisotopic (exact) mass is 260 g/mol. The van der Waals surface area contributed by atoms with Crippen LogP contribution in [0, 0.1) is 11.6 Å². The van der Waals surface area contributed by atoms with E-state index in [4.69, 9.17) is 0 Å². The number of halogens is 2. The van der Waals surface area contributed by atoms with Crippen LogP contribution in [0.15, 0.2) is 18.2 Å². The summed E-state index contributed by atoms with van der Waals surface area (Å²) in [5.74, 6) is -1.79. The van der Waals surface area contributed by atoms with E-state index in [1.165, 1.54) is 6.92 Å². The zero-order valence-electron chi connectivity index (χ0n) is 9.70. The van der Waals surface area contributed by atoms with Crippen molar-refractivity contribution >= 4 is 16.6 Å². The van der Waals surface area contributed by atoms with Crippen molar-refractivity contribution in [1.29, 1.82) is 0 Å². The number of Topliss-reactive ketones (excluding diaryl/α,β-unsaturated/α-hetero) is 1. The van der Waals surface area contributed by atoms with Crippen molar-refractivity contribution in [1.82, 2.24) is 0 Å². The molecule has 0 bridgehead atoms. The maximum Gasteiger partial charge on any atom is 0.181 e. The lowest BCUT2D eigenvalue weighted by Crippen LogP contribution is -2.25. The number of rotatable bonds is 5. The molecule has 0 spiro atoms. The van der Waals surface area contributed by atoms with Gasteiger partial charge in [0.1, 0.15) is 11.6 Å². The molecule has 0 aliphatic rings. The van der Waals surface area contributed by atoms with E-state index in [-0.39, 0.29) is 5.56 Å². The lowest BCUT2D eigenvalue weighted by Gasteiger charge is -2.10. The van der Waals surface area contributed by atoms with Crippen LogP contribution < -0.4 is 0 Å². The van der Waals surface area contributed by atoms with Gasteiger partial charge in [0.2, 0.25) is 0 Å². The van der Waals surface area contributed by atoms with Crippen molar-refractivity contribution in [3.05, 3.63) is 35.4 Å². The van der Waals surface area contributed by atoms with Gasteiger partial charge in [-0.15, -0.1) is 0 Å². The van der Waals surface area contributed by atoms with Gasteiger partial charge in [0.05, 0.1) is 10.8 Å². The fourth-order valence-corrected chi connectivity index (χ4v) is 2.53. The smallest absolute Gasteiger partial charge is 0.181 e. The molecule has 0 radical (unpaired) electrons. The molecule has 0 fully saturated rings. The van der Waals surface area contributed by atoms with E-state index in [9.17, 15) is 17.8 Å². The summed E-state index contributed by atoms with van der Waals surface area (Å²) in [5.41, 5.74) is -0.205. The van der Waals surface area contributed by atoms with Crippen molar-refractivity contribution < 1.29 is 17.8 Å². The molecule has 2 atom stereocenters. The van der Waals surface area contributed by atoms with Gasteiger partial charge in [-0.1, -0.05) is 6.92 Å². The van der Waals surface area contributed by atoms with E-state index in [2.05, 4.69) is 0 Å². The minimum atomic E-state index is -1.32. The van der Waals surface area contributed by atoms with Gasteiger partial charge in [0.25, 0.3) is 0 Å². The van der Waals surface area contributed by atoms with E-state index < -0.39 is 33.5 Å². The van der Waals surface area contributed by atoms with Crippen LogP contribution in [0.3, 0.4) is 0 Å². The summed E-state index contributed by atoms with van der Waals surface area (Å²) in [6, 6.07) is 2.76. The Morgan fingerprint density at radius 1 is 1.41 bits per heavy atom. The average Bonchev–Trinajstić information content (AvgIpc) is 2.27. The molecule has 1 rings (SSSR count). The Hall–Kier alpha value is -1.10. The van der Waals surface area contributed by atoms with Gasteiger partial charge in [-0.2, -0.15) is 0 Å². The summed E-state index contributed by atoms with van der Waals surface area (Å²) < 4.78 is 37.7. The number of hydrogen-bond acceptors (Lipinski definition) is 2. The zero-order valence-corrected chi connectivity index (χ0v) is 10.5. The van der Waals surface area contributed by atoms with Crippen LogP contribution in [0.5, 0.6) is 0 Å². The summed E-state index contributed by atoms with van der Waals surface area (Å²) in [7, 11) is -1.32. The summed E-state index contributed by atoms with van der Waals surface area (Å²) in [6.45, 7) is 3.35. The van der Waals surface area contributed by atoms with Crippen molar-refractivity contribution in [2.24, 2.45) is 0 Å². The predicted octanol–water partition coefficient (Wildman–Crippen LogP) is 2.69. The highest BCUT2D eigenvalue weighted by molar-refractivity contribution is 7.86. The first-order chi connectivity index (χ1) is 7.97. The van der Waals surface area contributed by atoms with Gasteiger partial charge >= 0.3 is 0 Å². The summed E-state index contributed by atoms with van der Waals surface area (Å²) >= 11 is 0. The highest BCUT2D eigenvalue weighted by Crippen LogP contribution is 2.14. The third-order valence-electron chi connectivity index (χ3n) is 2.37. The van der Waals surface area contributed by atoms with Gasteiger partial charge in [-0.25, -0.2) is 8.78 Å². The molecule has 2 nitrogen and oxygen atoms in total. The molecule has 0 saturated heterocycles. The van der Waals surface area contributed by atoms with Crippen LogP contribution in [-0.4, -0.2) is 21.0 Å². The Bertz CT molecular complexity index is 446. The first-order valence-corrected chi connectivity index (χ1v) is 6.72. The van der Waals surface area contributed by atoms with Crippen LogP contribution in [0.25, 0.3) is 0 Å². The molecule has 0 aromatic heterocycles. The molecule has 0 heterocycles. The molecule has 1 aromatic carbocycles.